The third-order valence-electron chi connectivity index (χ3n) is 4.22. The number of nitrogens with one attached hydrogen (secondary N) is 2. The number of allylic oxidation sites excluding steroid dienone is 5. The Kier molecular flexibility index (Phi) is 4.04. The predicted octanol–water partition coefficient (Wildman–Crippen LogP) is 2.59. The zero-order valence-electron chi connectivity index (χ0n) is 14.6. The summed E-state index contributed by atoms with van der Waals surface area (Å²) >= 11 is 0. The van der Waals surface area contributed by atoms with E-state index >= 15 is 0 Å². The number of imide groups is 2. The normalized spacial score (nSPS) is 17.9. The van der Waals surface area contributed by atoms with Gasteiger partial charge in [-0.25, -0.2) is 4.79 Å². The Morgan fingerprint density at radius 2 is 1.40 bits per heavy atom. The number of anilines is 1. The van der Waals surface area contributed by atoms with Crippen LogP contribution in [-0.4, -0.2) is 17.8 Å². The van der Waals surface area contributed by atoms with E-state index in [9.17, 15) is 14.4 Å². The van der Waals surface area contributed by atoms with Gasteiger partial charge in [-0.05, 0) is 57.0 Å². The van der Waals surface area contributed by atoms with Crippen LogP contribution in [0.2, 0.25) is 0 Å². The summed E-state index contributed by atoms with van der Waals surface area (Å²) in [6.07, 6.45) is 3.55. The molecule has 128 valence electrons. The smallest absolute Gasteiger partial charge is 0.318 e. The molecule has 3 rings (SSSR count). The Bertz CT molecular complexity index is 862. The second-order valence-corrected chi connectivity index (χ2v) is 6.26. The number of urea groups is 1. The molecule has 0 bridgehead atoms. The van der Waals surface area contributed by atoms with E-state index in [1.54, 1.807) is 12.2 Å². The topological polar surface area (TPSA) is 78.5 Å². The maximum Gasteiger partial charge on any atom is 0.328 e. The van der Waals surface area contributed by atoms with Crippen molar-refractivity contribution in [3.8, 4) is 0 Å². The van der Waals surface area contributed by atoms with Crippen LogP contribution in [0.15, 0.2) is 52.9 Å². The average molecular weight is 337 g/mol. The van der Waals surface area contributed by atoms with Crippen molar-refractivity contribution in [3.63, 3.8) is 0 Å². The van der Waals surface area contributed by atoms with Gasteiger partial charge in [-0.2, -0.15) is 0 Å². The van der Waals surface area contributed by atoms with E-state index in [2.05, 4.69) is 27.7 Å². The van der Waals surface area contributed by atoms with Gasteiger partial charge in [0.25, 0.3) is 11.8 Å². The number of amides is 4. The molecule has 1 saturated heterocycles. The summed E-state index contributed by atoms with van der Waals surface area (Å²) in [4.78, 5) is 37.4. The molecule has 6 nitrogen and oxygen atoms in total. The van der Waals surface area contributed by atoms with Crippen LogP contribution in [0.3, 0.4) is 0 Å². The molecule has 2 N–H and O–H groups in total. The van der Waals surface area contributed by atoms with Crippen molar-refractivity contribution >= 4 is 23.5 Å². The molecule has 0 atom stereocenters. The van der Waals surface area contributed by atoms with E-state index in [0.717, 1.165) is 22.6 Å². The first-order valence-electron chi connectivity index (χ1n) is 7.93. The Hall–Kier alpha value is -3.15. The third-order valence-corrected chi connectivity index (χ3v) is 4.22. The van der Waals surface area contributed by atoms with Gasteiger partial charge in [0.05, 0.1) is 0 Å². The lowest BCUT2D eigenvalue weighted by molar-refractivity contribution is -0.124. The summed E-state index contributed by atoms with van der Waals surface area (Å²) in [6, 6.07) is 5.41. The van der Waals surface area contributed by atoms with Gasteiger partial charge >= 0.3 is 6.03 Å². The first-order chi connectivity index (χ1) is 11.8. The number of hydrogen-bond donors (Lipinski definition) is 2. The Labute approximate surface area is 145 Å². The molecular formula is C19H19N3O3. The van der Waals surface area contributed by atoms with E-state index in [-0.39, 0.29) is 5.57 Å². The summed E-state index contributed by atoms with van der Waals surface area (Å²) in [7, 11) is 0. The van der Waals surface area contributed by atoms with E-state index < -0.39 is 17.8 Å². The molecular weight excluding hydrogens is 318 g/mol. The van der Waals surface area contributed by atoms with Gasteiger partial charge < -0.3 is 4.90 Å². The van der Waals surface area contributed by atoms with Crippen LogP contribution in [0, 0.1) is 13.8 Å². The highest BCUT2D eigenvalue weighted by atomic mass is 16.2. The average Bonchev–Trinajstić information content (AvgIpc) is 2.47. The van der Waals surface area contributed by atoms with Crippen molar-refractivity contribution in [2.75, 3.05) is 4.90 Å². The molecule has 2 heterocycles. The molecule has 0 radical (unpaired) electrons. The lowest BCUT2D eigenvalue weighted by Gasteiger charge is -2.31. The molecule has 2 aliphatic heterocycles. The molecule has 2 aliphatic rings. The van der Waals surface area contributed by atoms with Gasteiger partial charge in [0.15, 0.2) is 0 Å². The lowest BCUT2D eigenvalue weighted by atomic mass is 9.98. The predicted molar refractivity (Wildman–Crippen MR) is 94.6 cm³/mol. The first-order valence-corrected chi connectivity index (χ1v) is 7.93. The molecule has 0 aliphatic carbocycles. The number of benzene rings is 1. The zero-order valence-corrected chi connectivity index (χ0v) is 14.6. The van der Waals surface area contributed by atoms with Gasteiger partial charge in [-0.3, -0.25) is 20.2 Å². The van der Waals surface area contributed by atoms with Crippen molar-refractivity contribution in [1.29, 1.82) is 0 Å². The SMILES string of the molecule is CC1=CC(=C2C(=O)NC(=O)NC2=O)C=C(C)N1c1ccc(C)cc1C. The van der Waals surface area contributed by atoms with Gasteiger partial charge in [-0.15, -0.1) is 0 Å². The molecule has 0 aromatic heterocycles. The van der Waals surface area contributed by atoms with Gasteiger partial charge in [0.1, 0.15) is 5.57 Å². The molecule has 25 heavy (non-hydrogen) atoms. The second-order valence-electron chi connectivity index (χ2n) is 6.26. The number of carbonyl (C=O) groups excluding carboxylic acids is 3. The van der Waals surface area contributed by atoms with Crippen molar-refractivity contribution < 1.29 is 14.4 Å². The maximum atomic E-state index is 12.0. The summed E-state index contributed by atoms with van der Waals surface area (Å²) < 4.78 is 0. The quantitative estimate of drug-likeness (QED) is 0.610. The van der Waals surface area contributed by atoms with Crippen molar-refractivity contribution in [2.45, 2.75) is 27.7 Å². The first kappa shape index (κ1) is 16.7. The molecule has 0 saturated carbocycles. The molecule has 1 fully saturated rings. The molecule has 4 amide bonds. The second kappa shape index (κ2) is 6.05. The van der Waals surface area contributed by atoms with Crippen LogP contribution < -0.4 is 15.5 Å². The van der Waals surface area contributed by atoms with E-state index in [0.29, 0.717) is 5.57 Å². The molecule has 1 aromatic carbocycles. The van der Waals surface area contributed by atoms with Crippen LogP contribution in [0.5, 0.6) is 0 Å². The Morgan fingerprint density at radius 3 is 1.92 bits per heavy atom. The van der Waals surface area contributed by atoms with Crippen LogP contribution in [0.1, 0.15) is 25.0 Å². The van der Waals surface area contributed by atoms with Crippen LogP contribution in [-0.2, 0) is 9.59 Å². The largest absolute Gasteiger partial charge is 0.328 e. The lowest BCUT2D eigenvalue weighted by Crippen LogP contribution is -2.51. The minimum absolute atomic E-state index is 0.0569. The van der Waals surface area contributed by atoms with E-state index in [1.807, 2.05) is 33.8 Å². The maximum absolute atomic E-state index is 12.0. The number of nitrogens with zero attached hydrogens (tertiary/aromatic N) is 1. The van der Waals surface area contributed by atoms with E-state index in [4.69, 9.17) is 0 Å². The molecule has 0 unspecified atom stereocenters. The zero-order chi connectivity index (χ0) is 18.3. The van der Waals surface area contributed by atoms with Gasteiger partial charge in [0.2, 0.25) is 0 Å². The molecule has 1 aromatic rings. The Balaban J connectivity index is 2.06. The Morgan fingerprint density at radius 1 is 0.840 bits per heavy atom. The van der Waals surface area contributed by atoms with Crippen molar-refractivity contribution in [1.82, 2.24) is 10.6 Å². The minimum atomic E-state index is -0.798. The van der Waals surface area contributed by atoms with Crippen LogP contribution in [0.4, 0.5) is 10.5 Å². The molecule has 0 spiro atoms. The van der Waals surface area contributed by atoms with Crippen LogP contribution in [0.25, 0.3) is 0 Å². The molecule has 6 heteroatoms. The fourth-order valence-corrected chi connectivity index (χ4v) is 3.21. The van der Waals surface area contributed by atoms with Gasteiger partial charge in [0, 0.05) is 17.1 Å². The fraction of sp³-hybridized carbons (Fsp3) is 0.211. The highest BCUT2D eigenvalue weighted by Crippen LogP contribution is 2.33. The number of aryl methyl sites for hydroxylation is 2. The van der Waals surface area contributed by atoms with E-state index in [1.165, 1.54) is 5.56 Å². The summed E-state index contributed by atoms with van der Waals surface area (Å²) in [6.45, 7) is 7.92. The minimum Gasteiger partial charge on any atom is -0.318 e. The van der Waals surface area contributed by atoms with Crippen molar-refractivity contribution in [3.05, 3.63) is 64.0 Å². The third kappa shape index (κ3) is 2.98. The number of carbonyl (C=O) groups is 3. The fourth-order valence-electron chi connectivity index (χ4n) is 3.21. The van der Waals surface area contributed by atoms with Gasteiger partial charge in [-0.1, -0.05) is 17.7 Å². The monoisotopic (exact) mass is 337 g/mol. The van der Waals surface area contributed by atoms with Crippen molar-refractivity contribution in [2.24, 2.45) is 0 Å². The standard InChI is InChI=1S/C19H19N3O3/c1-10-5-6-15(11(2)7-10)22-12(3)8-14(9-13(22)4)16-17(23)20-19(25)21-18(16)24/h5-9H,1-4H3,(H2,20,21,23,24,25). The number of barbiturate groups is 1. The summed E-state index contributed by atoms with van der Waals surface area (Å²) in [5.41, 5.74) is 5.56. The number of hydrogen-bond acceptors (Lipinski definition) is 4. The highest BCUT2D eigenvalue weighted by molar-refractivity contribution is 6.29. The summed E-state index contributed by atoms with van der Waals surface area (Å²) in [5.74, 6) is -1.37. The number of rotatable bonds is 1. The highest BCUT2D eigenvalue weighted by Gasteiger charge is 2.31. The summed E-state index contributed by atoms with van der Waals surface area (Å²) in [5, 5.41) is 4.21. The van der Waals surface area contributed by atoms with Crippen LogP contribution >= 0.6 is 0 Å².